The lowest BCUT2D eigenvalue weighted by Gasteiger charge is -2.14. The SMILES string of the molecule is C=CCCCCCCCCCOC(=O)[C@H](C)NC(=O)OCC(C)C. The van der Waals surface area contributed by atoms with Crippen LogP contribution < -0.4 is 5.32 Å². The third-order valence-corrected chi connectivity index (χ3v) is 3.53. The van der Waals surface area contributed by atoms with Crippen molar-refractivity contribution in [3.05, 3.63) is 12.7 Å². The van der Waals surface area contributed by atoms with Crippen molar-refractivity contribution in [2.75, 3.05) is 13.2 Å². The van der Waals surface area contributed by atoms with Crippen molar-refractivity contribution in [2.45, 2.75) is 78.2 Å². The number of allylic oxidation sites excluding steroid dienone is 1. The number of nitrogens with one attached hydrogen (secondary N) is 1. The average molecular weight is 341 g/mol. The standard InChI is InChI=1S/C19H35NO4/c1-5-6-7-8-9-10-11-12-13-14-23-18(21)17(4)20-19(22)24-15-16(2)3/h5,16-17H,1,6-15H2,2-4H3,(H,20,22)/t17-/m0/s1. The van der Waals surface area contributed by atoms with Gasteiger partial charge in [0.05, 0.1) is 13.2 Å². The predicted octanol–water partition coefficient (Wildman–Crippen LogP) is 4.61. The Morgan fingerprint density at radius 3 is 2.12 bits per heavy atom. The van der Waals surface area contributed by atoms with E-state index in [0.717, 1.165) is 19.3 Å². The maximum atomic E-state index is 11.8. The summed E-state index contributed by atoms with van der Waals surface area (Å²) in [6, 6.07) is -0.686. The number of carbonyl (C=O) groups is 2. The van der Waals surface area contributed by atoms with Crippen LogP contribution in [0, 0.1) is 5.92 Å². The van der Waals surface area contributed by atoms with E-state index in [-0.39, 0.29) is 5.92 Å². The molecule has 0 saturated heterocycles. The van der Waals surface area contributed by atoms with Crippen molar-refractivity contribution in [3.8, 4) is 0 Å². The Hall–Kier alpha value is -1.52. The van der Waals surface area contributed by atoms with Gasteiger partial charge in [-0.25, -0.2) is 9.59 Å². The molecule has 0 aliphatic heterocycles. The minimum atomic E-state index is -0.686. The van der Waals surface area contributed by atoms with Crippen LogP contribution in [0.15, 0.2) is 12.7 Å². The molecule has 0 saturated carbocycles. The molecule has 0 aromatic rings. The summed E-state index contributed by atoms with van der Waals surface area (Å²) >= 11 is 0. The fraction of sp³-hybridized carbons (Fsp3) is 0.789. The van der Waals surface area contributed by atoms with E-state index in [2.05, 4.69) is 11.9 Å². The maximum absolute atomic E-state index is 11.8. The van der Waals surface area contributed by atoms with Crippen LogP contribution in [-0.2, 0) is 14.3 Å². The molecule has 0 heterocycles. The zero-order valence-corrected chi connectivity index (χ0v) is 15.6. The van der Waals surface area contributed by atoms with E-state index in [0.29, 0.717) is 13.2 Å². The topological polar surface area (TPSA) is 64.6 Å². The molecule has 1 N–H and O–H groups in total. The van der Waals surface area contributed by atoms with Gasteiger partial charge in [0.2, 0.25) is 0 Å². The van der Waals surface area contributed by atoms with Crippen LogP contribution in [0.4, 0.5) is 4.79 Å². The summed E-state index contributed by atoms with van der Waals surface area (Å²) in [7, 11) is 0. The molecule has 24 heavy (non-hydrogen) atoms. The zero-order valence-electron chi connectivity index (χ0n) is 15.6. The molecule has 0 bridgehead atoms. The quantitative estimate of drug-likeness (QED) is 0.285. The summed E-state index contributed by atoms with van der Waals surface area (Å²) in [5.41, 5.74) is 0. The first-order chi connectivity index (χ1) is 11.5. The summed E-state index contributed by atoms with van der Waals surface area (Å²) in [5.74, 6) is -0.152. The molecule has 5 heteroatoms. The summed E-state index contributed by atoms with van der Waals surface area (Å²) < 4.78 is 10.1. The third-order valence-electron chi connectivity index (χ3n) is 3.53. The van der Waals surface area contributed by atoms with Crippen molar-refractivity contribution >= 4 is 12.1 Å². The van der Waals surface area contributed by atoms with Crippen LogP contribution >= 0.6 is 0 Å². The summed E-state index contributed by atoms with van der Waals surface area (Å²) in [6.45, 7) is 9.96. The van der Waals surface area contributed by atoms with Crippen molar-refractivity contribution < 1.29 is 19.1 Å². The minimum absolute atomic E-state index is 0.264. The van der Waals surface area contributed by atoms with E-state index in [9.17, 15) is 9.59 Å². The number of esters is 1. The van der Waals surface area contributed by atoms with E-state index in [1.54, 1.807) is 6.92 Å². The van der Waals surface area contributed by atoms with Gasteiger partial charge in [0.15, 0.2) is 0 Å². The number of hydrogen-bond donors (Lipinski definition) is 1. The van der Waals surface area contributed by atoms with E-state index < -0.39 is 18.1 Å². The fourth-order valence-corrected chi connectivity index (χ4v) is 2.09. The molecular weight excluding hydrogens is 306 g/mol. The molecule has 0 aliphatic rings. The first kappa shape index (κ1) is 22.5. The molecule has 1 amide bonds. The van der Waals surface area contributed by atoms with Gasteiger partial charge in [-0.15, -0.1) is 6.58 Å². The highest BCUT2D eigenvalue weighted by Crippen LogP contribution is 2.09. The number of rotatable bonds is 14. The summed E-state index contributed by atoms with van der Waals surface area (Å²) in [6.07, 6.45) is 10.6. The number of unbranched alkanes of at least 4 members (excludes halogenated alkanes) is 7. The van der Waals surface area contributed by atoms with Gasteiger partial charge >= 0.3 is 12.1 Å². The monoisotopic (exact) mass is 341 g/mol. The molecule has 0 spiro atoms. The van der Waals surface area contributed by atoms with E-state index in [1.165, 1.54) is 32.1 Å². The Labute approximate surface area is 147 Å². The molecular formula is C19H35NO4. The van der Waals surface area contributed by atoms with Crippen molar-refractivity contribution in [2.24, 2.45) is 5.92 Å². The molecule has 5 nitrogen and oxygen atoms in total. The first-order valence-electron chi connectivity index (χ1n) is 9.18. The van der Waals surface area contributed by atoms with Gasteiger partial charge in [0, 0.05) is 0 Å². The highest BCUT2D eigenvalue weighted by Gasteiger charge is 2.17. The first-order valence-corrected chi connectivity index (χ1v) is 9.18. The number of alkyl carbamates (subject to hydrolysis) is 1. The van der Waals surface area contributed by atoms with Crippen molar-refractivity contribution in [1.82, 2.24) is 5.32 Å². The number of ether oxygens (including phenoxy) is 2. The van der Waals surface area contributed by atoms with Gasteiger partial charge in [-0.1, -0.05) is 52.0 Å². The summed E-state index contributed by atoms with van der Waals surface area (Å²) in [4.78, 5) is 23.2. The highest BCUT2D eigenvalue weighted by atomic mass is 16.6. The van der Waals surface area contributed by atoms with Crippen molar-refractivity contribution in [3.63, 3.8) is 0 Å². The second-order valence-electron chi connectivity index (χ2n) is 6.58. The fourth-order valence-electron chi connectivity index (χ4n) is 2.09. The number of amides is 1. The van der Waals surface area contributed by atoms with Gasteiger partial charge in [-0.05, 0) is 32.1 Å². The Balaban J connectivity index is 3.53. The smallest absolute Gasteiger partial charge is 0.407 e. The predicted molar refractivity (Wildman–Crippen MR) is 96.9 cm³/mol. The van der Waals surface area contributed by atoms with Crippen LogP contribution in [-0.4, -0.2) is 31.3 Å². The Bertz CT molecular complexity index is 355. The largest absolute Gasteiger partial charge is 0.464 e. The minimum Gasteiger partial charge on any atom is -0.464 e. The average Bonchev–Trinajstić information content (AvgIpc) is 2.54. The van der Waals surface area contributed by atoms with E-state index in [1.807, 2.05) is 19.9 Å². The molecule has 0 aromatic heterocycles. The molecule has 0 aliphatic carbocycles. The lowest BCUT2D eigenvalue weighted by atomic mass is 10.1. The highest BCUT2D eigenvalue weighted by molar-refractivity contribution is 5.80. The van der Waals surface area contributed by atoms with Gasteiger partial charge in [-0.3, -0.25) is 0 Å². The number of hydrogen-bond acceptors (Lipinski definition) is 4. The van der Waals surface area contributed by atoms with Gasteiger partial charge in [0.1, 0.15) is 6.04 Å². The van der Waals surface area contributed by atoms with Crippen molar-refractivity contribution in [1.29, 1.82) is 0 Å². The molecule has 0 radical (unpaired) electrons. The van der Waals surface area contributed by atoms with E-state index >= 15 is 0 Å². The molecule has 140 valence electrons. The molecule has 0 fully saturated rings. The van der Waals surface area contributed by atoms with Crippen LogP contribution in [0.2, 0.25) is 0 Å². The molecule has 0 aromatic carbocycles. The lowest BCUT2D eigenvalue weighted by molar-refractivity contribution is -0.145. The van der Waals surface area contributed by atoms with Crippen LogP contribution in [0.5, 0.6) is 0 Å². The van der Waals surface area contributed by atoms with Crippen LogP contribution in [0.25, 0.3) is 0 Å². The number of carbonyl (C=O) groups excluding carboxylic acids is 2. The Kier molecular flexibility index (Phi) is 14.1. The normalized spacial score (nSPS) is 11.8. The second-order valence-corrected chi connectivity index (χ2v) is 6.58. The van der Waals surface area contributed by atoms with Crippen LogP contribution in [0.1, 0.15) is 72.1 Å². The van der Waals surface area contributed by atoms with Crippen LogP contribution in [0.3, 0.4) is 0 Å². The molecule has 1 atom stereocenters. The van der Waals surface area contributed by atoms with Gasteiger partial charge in [0.25, 0.3) is 0 Å². The van der Waals surface area contributed by atoms with Gasteiger partial charge in [-0.2, -0.15) is 0 Å². The third kappa shape index (κ3) is 14.1. The Morgan fingerprint density at radius 1 is 0.958 bits per heavy atom. The summed E-state index contributed by atoms with van der Waals surface area (Å²) in [5, 5.41) is 2.48. The maximum Gasteiger partial charge on any atom is 0.407 e. The zero-order chi connectivity index (χ0) is 18.2. The van der Waals surface area contributed by atoms with Gasteiger partial charge < -0.3 is 14.8 Å². The molecule has 0 unspecified atom stereocenters. The second kappa shape index (κ2) is 15.0. The lowest BCUT2D eigenvalue weighted by Crippen LogP contribution is -2.40. The van der Waals surface area contributed by atoms with E-state index in [4.69, 9.17) is 9.47 Å². The Morgan fingerprint density at radius 2 is 1.54 bits per heavy atom. The molecule has 0 rings (SSSR count).